The first-order valence-electron chi connectivity index (χ1n) is 11.4. The largest absolute Gasteiger partial charge is 0.494 e. The van der Waals surface area contributed by atoms with Gasteiger partial charge < -0.3 is 20.5 Å². The van der Waals surface area contributed by atoms with Crippen LogP contribution in [0.5, 0.6) is 5.75 Å². The summed E-state index contributed by atoms with van der Waals surface area (Å²) >= 11 is 0. The topological polar surface area (TPSA) is 120 Å². The molecule has 186 valence electrons. The molecule has 10 nitrogen and oxygen atoms in total. The minimum absolute atomic E-state index is 0.0735. The van der Waals surface area contributed by atoms with E-state index in [0.717, 1.165) is 11.4 Å². The van der Waals surface area contributed by atoms with Gasteiger partial charge in [0.25, 0.3) is 0 Å². The van der Waals surface area contributed by atoms with Crippen molar-refractivity contribution in [3.63, 3.8) is 0 Å². The summed E-state index contributed by atoms with van der Waals surface area (Å²) in [5, 5.41) is 19.5. The summed E-state index contributed by atoms with van der Waals surface area (Å²) in [7, 11) is 1.43. The Morgan fingerprint density at radius 1 is 1.23 bits per heavy atom. The Morgan fingerprint density at radius 3 is 2.71 bits per heavy atom. The summed E-state index contributed by atoms with van der Waals surface area (Å²) in [5.74, 6) is -0.114. The molecule has 35 heavy (non-hydrogen) atoms. The minimum atomic E-state index is -1.11. The molecule has 12 heteroatoms. The number of rotatable bonds is 5. The van der Waals surface area contributed by atoms with Gasteiger partial charge in [0.15, 0.2) is 11.5 Å². The molecule has 0 amide bonds. The third-order valence-electron chi connectivity index (χ3n) is 6.14. The van der Waals surface area contributed by atoms with Crippen molar-refractivity contribution < 1.29 is 18.6 Å². The molecule has 1 aliphatic rings. The van der Waals surface area contributed by atoms with Gasteiger partial charge in [-0.3, -0.25) is 4.68 Å². The SMILES string of the molecule is COc1cc(F)cc2c1nc(N)n1nc([C@H]3C[C@@H](F)CN(c4cn(CC(C)(C)O)nc4C)C3)nc21. The standard InChI is InChI=1S/C23H28F2N8O2/c1-12-17(10-32(29-12)11-23(2,3)34)31-8-13(5-15(25)9-31)20-28-21-16-6-14(24)7-18(35-4)19(16)27-22(26)33(21)30-20/h6-7,10,13,15,34H,5,8-9,11H2,1-4H3,(H2,26,27)/t13-,15+/m0/s1. The highest BCUT2D eigenvalue weighted by molar-refractivity contribution is 5.95. The van der Waals surface area contributed by atoms with Gasteiger partial charge in [0.1, 0.15) is 23.3 Å². The molecule has 0 radical (unpaired) electrons. The number of aromatic nitrogens is 6. The Balaban J connectivity index is 1.52. The number of piperidine rings is 1. The molecular weight excluding hydrogens is 458 g/mol. The fourth-order valence-corrected chi connectivity index (χ4v) is 4.73. The van der Waals surface area contributed by atoms with Gasteiger partial charge in [0.2, 0.25) is 5.95 Å². The number of nitrogens with two attached hydrogens (primary N) is 1. The van der Waals surface area contributed by atoms with Crippen molar-refractivity contribution in [3.05, 3.63) is 35.7 Å². The van der Waals surface area contributed by atoms with Crippen LogP contribution in [0.3, 0.4) is 0 Å². The van der Waals surface area contributed by atoms with E-state index in [4.69, 9.17) is 10.5 Å². The first-order chi connectivity index (χ1) is 16.5. The summed E-state index contributed by atoms with van der Waals surface area (Å²) in [6.07, 6.45) is 0.958. The van der Waals surface area contributed by atoms with Gasteiger partial charge in [0, 0.05) is 31.3 Å². The second-order valence-corrected chi connectivity index (χ2v) is 9.72. The Morgan fingerprint density at radius 2 is 2.00 bits per heavy atom. The number of nitrogens with zero attached hydrogens (tertiary/aromatic N) is 7. The van der Waals surface area contributed by atoms with E-state index in [9.17, 15) is 13.9 Å². The van der Waals surface area contributed by atoms with Crippen molar-refractivity contribution in [2.45, 2.75) is 51.4 Å². The summed E-state index contributed by atoms with van der Waals surface area (Å²) in [5.41, 5.74) is 7.45. The van der Waals surface area contributed by atoms with Crippen molar-refractivity contribution in [2.75, 3.05) is 30.8 Å². The van der Waals surface area contributed by atoms with Crippen LogP contribution in [0.4, 0.5) is 20.4 Å². The second kappa shape index (κ2) is 8.29. The highest BCUT2D eigenvalue weighted by atomic mass is 19.1. The fraction of sp³-hybridized carbons (Fsp3) is 0.478. The smallest absolute Gasteiger partial charge is 0.223 e. The normalized spacial score (nSPS) is 19.1. The maximum atomic E-state index is 14.9. The van der Waals surface area contributed by atoms with Gasteiger partial charge in [-0.2, -0.15) is 9.61 Å². The maximum Gasteiger partial charge on any atom is 0.223 e. The number of ether oxygens (including phenoxy) is 1. The summed E-state index contributed by atoms with van der Waals surface area (Å²) in [6, 6.07) is 2.54. The average Bonchev–Trinajstić information content (AvgIpc) is 3.37. The second-order valence-electron chi connectivity index (χ2n) is 9.72. The van der Waals surface area contributed by atoms with Gasteiger partial charge in [-0.15, -0.1) is 5.10 Å². The Kier molecular flexibility index (Phi) is 5.50. The predicted molar refractivity (Wildman–Crippen MR) is 127 cm³/mol. The lowest BCUT2D eigenvalue weighted by molar-refractivity contribution is 0.0577. The lowest BCUT2D eigenvalue weighted by Gasteiger charge is -2.34. The van der Waals surface area contributed by atoms with E-state index in [1.807, 2.05) is 18.0 Å². The van der Waals surface area contributed by atoms with E-state index in [0.29, 0.717) is 35.5 Å². The average molecular weight is 487 g/mol. The lowest BCUT2D eigenvalue weighted by Crippen LogP contribution is -2.41. The molecule has 0 aliphatic carbocycles. The third kappa shape index (κ3) is 4.33. The van der Waals surface area contributed by atoms with Gasteiger partial charge in [-0.25, -0.2) is 18.7 Å². The van der Waals surface area contributed by atoms with E-state index >= 15 is 0 Å². The first kappa shape index (κ1) is 23.2. The highest BCUT2D eigenvalue weighted by Crippen LogP contribution is 2.34. The number of anilines is 2. The molecule has 0 saturated carbocycles. The molecule has 1 fully saturated rings. The van der Waals surface area contributed by atoms with E-state index < -0.39 is 17.6 Å². The van der Waals surface area contributed by atoms with Crippen molar-refractivity contribution in [1.82, 2.24) is 29.4 Å². The number of fused-ring (bicyclic) bond motifs is 3. The van der Waals surface area contributed by atoms with Crippen molar-refractivity contribution >= 4 is 28.2 Å². The zero-order valence-corrected chi connectivity index (χ0v) is 20.0. The van der Waals surface area contributed by atoms with E-state index in [1.165, 1.54) is 23.8 Å². The van der Waals surface area contributed by atoms with Gasteiger partial charge >= 0.3 is 0 Å². The molecule has 0 unspecified atom stereocenters. The van der Waals surface area contributed by atoms with Crippen molar-refractivity contribution in [3.8, 4) is 5.75 Å². The first-order valence-corrected chi connectivity index (χ1v) is 11.4. The molecule has 4 heterocycles. The van der Waals surface area contributed by atoms with Crippen LogP contribution in [-0.2, 0) is 6.54 Å². The predicted octanol–water partition coefficient (Wildman–Crippen LogP) is 2.62. The molecular formula is C23H28F2N8O2. The van der Waals surface area contributed by atoms with Crippen molar-refractivity contribution in [1.29, 1.82) is 0 Å². The molecule has 0 bridgehead atoms. The maximum absolute atomic E-state index is 14.9. The number of benzene rings is 1. The molecule has 1 aromatic carbocycles. The van der Waals surface area contributed by atoms with Crippen LogP contribution in [-0.4, -0.2) is 66.4 Å². The number of aryl methyl sites for hydroxylation is 1. The molecule has 0 spiro atoms. The van der Waals surface area contributed by atoms with Crippen molar-refractivity contribution in [2.24, 2.45) is 0 Å². The number of alkyl halides is 1. The quantitative estimate of drug-likeness (QED) is 0.442. The van der Waals surface area contributed by atoms with E-state index in [2.05, 4.69) is 20.2 Å². The Bertz CT molecular complexity index is 1410. The lowest BCUT2D eigenvalue weighted by atomic mass is 9.95. The Hall–Kier alpha value is -3.54. The van der Waals surface area contributed by atoms with Crippen LogP contribution in [0.25, 0.3) is 16.6 Å². The zero-order valence-electron chi connectivity index (χ0n) is 20.0. The fourth-order valence-electron chi connectivity index (χ4n) is 4.73. The zero-order chi connectivity index (χ0) is 25.1. The molecule has 5 rings (SSSR count). The molecule has 3 N–H and O–H groups in total. The number of aliphatic hydroxyl groups is 1. The van der Waals surface area contributed by atoms with E-state index in [1.54, 1.807) is 18.5 Å². The number of nitrogen functional groups attached to an aromatic ring is 1. The van der Waals surface area contributed by atoms with Crippen LogP contribution >= 0.6 is 0 Å². The molecule has 2 atom stereocenters. The monoisotopic (exact) mass is 486 g/mol. The third-order valence-corrected chi connectivity index (χ3v) is 6.14. The van der Waals surface area contributed by atoms with Crippen LogP contribution < -0.4 is 15.4 Å². The number of hydrogen-bond donors (Lipinski definition) is 2. The number of hydrogen-bond acceptors (Lipinski definition) is 8. The highest BCUT2D eigenvalue weighted by Gasteiger charge is 2.33. The molecule has 1 saturated heterocycles. The number of halogens is 2. The summed E-state index contributed by atoms with van der Waals surface area (Å²) in [6.45, 7) is 6.27. The van der Waals surface area contributed by atoms with Gasteiger partial charge in [-0.1, -0.05) is 0 Å². The minimum Gasteiger partial charge on any atom is -0.494 e. The molecule has 1 aliphatic heterocycles. The van der Waals surface area contributed by atoms with E-state index in [-0.39, 0.29) is 30.6 Å². The van der Waals surface area contributed by atoms with Gasteiger partial charge in [0.05, 0.1) is 36.0 Å². The van der Waals surface area contributed by atoms with Gasteiger partial charge in [-0.05, 0) is 33.3 Å². The van der Waals surface area contributed by atoms with Crippen LogP contribution in [0.15, 0.2) is 18.3 Å². The molecule has 4 aromatic rings. The summed E-state index contributed by atoms with van der Waals surface area (Å²) < 4.78 is 37.4. The Labute approximate surface area is 200 Å². The van der Waals surface area contributed by atoms with Crippen LogP contribution in [0, 0.1) is 12.7 Å². The van der Waals surface area contributed by atoms with Crippen LogP contribution in [0.1, 0.15) is 37.7 Å². The summed E-state index contributed by atoms with van der Waals surface area (Å²) in [4.78, 5) is 10.9. The molecule has 3 aromatic heterocycles. The number of methoxy groups -OCH3 is 1. The van der Waals surface area contributed by atoms with Crippen LogP contribution in [0.2, 0.25) is 0 Å².